The van der Waals surface area contributed by atoms with E-state index in [2.05, 4.69) is 5.32 Å². The lowest BCUT2D eigenvalue weighted by Gasteiger charge is -2.23. The summed E-state index contributed by atoms with van der Waals surface area (Å²) in [4.78, 5) is 0. The van der Waals surface area contributed by atoms with Gasteiger partial charge in [0.1, 0.15) is 6.79 Å². The van der Waals surface area contributed by atoms with E-state index < -0.39 is 0 Å². The molecule has 3 nitrogen and oxygen atoms in total. The Balaban J connectivity index is 1.88. The molecule has 1 N–H and O–H groups in total. The van der Waals surface area contributed by atoms with E-state index in [9.17, 15) is 0 Å². The van der Waals surface area contributed by atoms with E-state index in [-0.39, 0.29) is 6.10 Å². The molecule has 0 bridgehead atoms. The SMILES string of the molecule is Cc1ccc(NCC2CCOCO2)c(Cl)c1. The van der Waals surface area contributed by atoms with Crippen molar-refractivity contribution in [1.82, 2.24) is 0 Å². The number of benzene rings is 1. The first-order valence-electron chi connectivity index (χ1n) is 5.45. The molecule has 4 heteroatoms. The summed E-state index contributed by atoms with van der Waals surface area (Å²) in [5, 5.41) is 4.05. The molecule has 1 unspecified atom stereocenters. The molecule has 0 aliphatic carbocycles. The maximum absolute atomic E-state index is 6.12. The van der Waals surface area contributed by atoms with Crippen LogP contribution >= 0.6 is 11.6 Å². The van der Waals surface area contributed by atoms with Gasteiger partial charge in [-0.3, -0.25) is 0 Å². The van der Waals surface area contributed by atoms with Crippen molar-refractivity contribution in [2.45, 2.75) is 19.4 Å². The van der Waals surface area contributed by atoms with Gasteiger partial charge in [-0.2, -0.15) is 0 Å². The summed E-state index contributed by atoms with van der Waals surface area (Å²) in [6.45, 7) is 3.96. The number of ether oxygens (including phenoxy) is 2. The summed E-state index contributed by atoms with van der Waals surface area (Å²) >= 11 is 6.12. The summed E-state index contributed by atoms with van der Waals surface area (Å²) in [6.07, 6.45) is 1.14. The topological polar surface area (TPSA) is 30.5 Å². The van der Waals surface area contributed by atoms with Gasteiger partial charge in [-0.1, -0.05) is 17.7 Å². The number of rotatable bonds is 3. The predicted molar refractivity (Wildman–Crippen MR) is 65.0 cm³/mol. The molecule has 1 aromatic carbocycles. The Morgan fingerprint density at radius 1 is 1.50 bits per heavy atom. The number of halogens is 1. The Hall–Kier alpha value is -0.770. The van der Waals surface area contributed by atoms with Gasteiger partial charge < -0.3 is 14.8 Å². The Morgan fingerprint density at radius 2 is 2.38 bits per heavy atom. The smallest absolute Gasteiger partial charge is 0.147 e. The van der Waals surface area contributed by atoms with Crippen LogP contribution in [0.25, 0.3) is 0 Å². The summed E-state index contributed by atoms with van der Waals surface area (Å²) in [6, 6.07) is 5.99. The van der Waals surface area contributed by atoms with Crippen molar-refractivity contribution >= 4 is 17.3 Å². The lowest BCUT2D eigenvalue weighted by molar-refractivity contribution is -0.133. The minimum Gasteiger partial charge on any atom is -0.381 e. The largest absolute Gasteiger partial charge is 0.381 e. The van der Waals surface area contributed by atoms with E-state index in [1.807, 2.05) is 25.1 Å². The Bertz CT molecular complexity index is 351. The standard InChI is InChI=1S/C12H16ClNO2/c1-9-2-3-12(11(13)6-9)14-7-10-4-5-15-8-16-10/h2-3,6,10,14H,4-5,7-8H2,1H3. The van der Waals surface area contributed by atoms with Gasteiger partial charge in [0.25, 0.3) is 0 Å². The van der Waals surface area contributed by atoms with Crippen LogP contribution in [-0.4, -0.2) is 26.0 Å². The van der Waals surface area contributed by atoms with E-state index in [1.54, 1.807) is 0 Å². The zero-order chi connectivity index (χ0) is 11.4. The normalized spacial score (nSPS) is 20.8. The van der Waals surface area contributed by atoms with Crippen LogP contribution in [0.2, 0.25) is 5.02 Å². The summed E-state index contributed by atoms with van der Waals surface area (Å²) in [7, 11) is 0. The van der Waals surface area contributed by atoms with Gasteiger partial charge >= 0.3 is 0 Å². The van der Waals surface area contributed by atoms with Gasteiger partial charge in [0, 0.05) is 6.54 Å². The van der Waals surface area contributed by atoms with Crippen LogP contribution < -0.4 is 5.32 Å². The fraction of sp³-hybridized carbons (Fsp3) is 0.500. The van der Waals surface area contributed by atoms with Crippen LogP contribution in [0.3, 0.4) is 0 Å². The maximum Gasteiger partial charge on any atom is 0.147 e. The molecule has 88 valence electrons. The summed E-state index contributed by atoms with van der Waals surface area (Å²) in [5.74, 6) is 0. The molecular formula is C12H16ClNO2. The van der Waals surface area contributed by atoms with Crippen molar-refractivity contribution in [2.24, 2.45) is 0 Å². The molecule has 1 atom stereocenters. The molecule has 1 aliphatic heterocycles. The van der Waals surface area contributed by atoms with Gasteiger partial charge in [-0.15, -0.1) is 0 Å². The second kappa shape index (κ2) is 5.53. The van der Waals surface area contributed by atoms with Gasteiger partial charge in [0.2, 0.25) is 0 Å². The third-order valence-electron chi connectivity index (χ3n) is 2.62. The van der Waals surface area contributed by atoms with Gasteiger partial charge in [0.15, 0.2) is 0 Å². The van der Waals surface area contributed by atoms with Crippen molar-refractivity contribution in [1.29, 1.82) is 0 Å². The summed E-state index contributed by atoms with van der Waals surface area (Å²) in [5.41, 5.74) is 2.13. The lowest BCUT2D eigenvalue weighted by Crippen LogP contribution is -2.30. The number of hydrogen-bond acceptors (Lipinski definition) is 3. The Morgan fingerprint density at radius 3 is 3.06 bits per heavy atom. The molecule has 1 aliphatic rings. The molecule has 0 aromatic heterocycles. The number of hydrogen-bond donors (Lipinski definition) is 1. The van der Waals surface area contributed by atoms with Crippen molar-refractivity contribution < 1.29 is 9.47 Å². The quantitative estimate of drug-likeness (QED) is 0.883. The molecule has 16 heavy (non-hydrogen) atoms. The molecule has 1 fully saturated rings. The third-order valence-corrected chi connectivity index (χ3v) is 2.93. The van der Waals surface area contributed by atoms with Crippen LogP contribution in [0.5, 0.6) is 0 Å². The van der Waals surface area contributed by atoms with E-state index >= 15 is 0 Å². The van der Waals surface area contributed by atoms with Gasteiger partial charge in [0.05, 0.1) is 23.4 Å². The zero-order valence-electron chi connectivity index (χ0n) is 9.33. The fourth-order valence-electron chi connectivity index (χ4n) is 1.65. The van der Waals surface area contributed by atoms with E-state index in [0.717, 1.165) is 35.8 Å². The average Bonchev–Trinajstić information content (AvgIpc) is 2.29. The molecule has 1 heterocycles. The molecule has 0 spiro atoms. The average molecular weight is 242 g/mol. The highest BCUT2D eigenvalue weighted by Gasteiger charge is 2.13. The van der Waals surface area contributed by atoms with Crippen molar-refractivity contribution in [3.8, 4) is 0 Å². The van der Waals surface area contributed by atoms with E-state index in [1.165, 1.54) is 0 Å². The van der Waals surface area contributed by atoms with Gasteiger partial charge in [-0.25, -0.2) is 0 Å². The number of anilines is 1. The lowest BCUT2D eigenvalue weighted by atomic mass is 10.2. The van der Waals surface area contributed by atoms with Crippen LogP contribution in [-0.2, 0) is 9.47 Å². The molecule has 0 radical (unpaired) electrons. The van der Waals surface area contributed by atoms with E-state index in [0.29, 0.717) is 6.79 Å². The van der Waals surface area contributed by atoms with Crippen molar-refractivity contribution in [3.05, 3.63) is 28.8 Å². The highest BCUT2D eigenvalue weighted by molar-refractivity contribution is 6.33. The molecule has 2 rings (SSSR count). The zero-order valence-corrected chi connectivity index (χ0v) is 10.1. The number of aryl methyl sites for hydroxylation is 1. The monoisotopic (exact) mass is 241 g/mol. The molecule has 0 amide bonds. The Labute approximate surface area is 101 Å². The number of nitrogens with one attached hydrogen (secondary N) is 1. The van der Waals surface area contributed by atoms with E-state index in [4.69, 9.17) is 21.1 Å². The highest BCUT2D eigenvalue weighted by atomic mass is 35.5. The van der Waals surface area contributed by atoms with Crippen LogP contribution in [0.15, 0.2) is 18.2 Å². The maximum atomic E-state index is 6.12. The van der Waals surface area contributed by atoms with Gasteiger partial charge in [-0.05, 0) is 31.0 Å². The molecule has 1 aromatic rings. The Kier molecular flexibility index (Phi) is 4.04. The third kappa shape index (κ3) is 3.11. The first-order valence-corrected chi connectivity index (χ1v) is 5.83. The first kappa shape index (κ1) is 11.7. The predicted octanol–water partition coefficient (Wildman–Crippen LogP) is 2.82. The van der Waals surface area contributed by atoms with Crippen molar-refractivity contribution in [2.75, 3.05) is 25.3 Å². The van der Waals surface area contributed by atoms with Crippen LogP contribution in [0.1, 0.15) is 12.0 Å². The van der Waals surface area contributed by atoms with Crippen molar-refractivity contribution in [3.63, 3.8) is 0 Å². The fourth-order valence-corrected chi connectivity index (χ4v) is 1.95. The minimum atomic E-state index is 0.214. The summed E-state index contributed by atoms with van der Waals surface area (Å²) < 4.78 is 10.6. The molecule has 0 saturated carbocycles. The second-order valence-electron chi connectivity index (χ2n) is 3.97. The van der Waals surface area contributed by atoms with Crippen LogP contribution in [0, 0.1) is 6.92 Å². The molecular weight excluding hydrogens is 226 g/mol. The first-order chi connectivity index (χ1) is 7.75. The second-order valence-corrected chi connectivity index (χ2v) is 4.37. The highest BCUT2D eigenvalue weighted by Crippen LogP contribution is 2.23. The van der Waals surface area contributed by atoms with Crippen LogP contribution in [0.4, 0.5) is 5.69 Å². The minimum absolute atomic E-state index is 0.214. The molecule has 1 saturated heterocycles.